The Labute approximate surface area is 161 Å². The van der Waals surface area contributed by atoms with E-state index >= 15 is 0 Å². The highest BCUT2D eigenvalue weighted by molar-refractivity contribution is 7.20. The van der Waals surface area contributed by atoms with Crippen LogP contribution in [0.2, 0.25) is 5.02 Å². The van der Waals surface area contributed by atoms with E-state index in [1.165, 1.54) is 17.8 Å². The number of carbonyl (C=O) groups is 1. The zero-order chi connectivity index (χ0) is 18.1. The first-order valence-corrected chi connectivity index (χ1v) is 10.1. The van der Waals surface area contributed by atoms with Crippen LogP contribution < -0.4 is 10.6 Å². The van der Waals surface area contributed by atoms with Gasteiger partial charge in [-0.3, -0.25) is 4.79 Å². The average molecular weight is 389 g/mol. The summed E-state index contributed by atoms with van der Waals surface area (Å²) in [7, 11) is 0. The van der Waals surface area contributed by atoms with Crippen molar-refractivity contribution in [3.05, 3.63) is 45.9 Å². The van der Waals surface area contributed by atoms with E-state index in [0.717, 1.165) is 47.7 Å². The van der Waals surface area contributed by atoms with Gasteiger partial charge < -0.3 is 10.6 Å². The molecule has 4 rings (SSSR count). The van der Waals surface area contributed by atoms with Crippen molar-refractivity contribution in [3.8, 4) is 5.69 Å². The average Bonchev–Trinajstić information content (AvgIpc) is 3.34. The van der Waals surface area contributed by atoms with Crippen LogP contribution in [0.5, 0.6) is 0 Å². The maximum absolute atomic E-state index is 12.5. The normalized spacial score (nSPS) is 17.1. The maximum Gasteiger partial charge on any atom is 0.261 e. The van der Waals surface area contributed by atoms with Crippen LogP contribution in [-0.2, 0) is 0 Å². The molecule has 1 amide bonds. The third-order valence-corrected chi connectivity index (χ3v) is 6.28. The highest BCUT2D eigenvalue weighted by atomic mass is 35.5. The van der Waals surface area contributed by atoms with Crippen LogP contribution in [0.3, 0.4) is 0 Å². The summed E-state index contributed by atoms with van der Waals surface area (Å²) in [6.07, 6.45) is 2.22. The van der Waals surface area contributed by atoms with Crippen molar-refractivity contribution in [1.82, 2.24) is 20.4 Å². The predicted molar refractivity (Wildman–Crippen MR) is 107 cm³/mol. The molecule has 0 bridgehead atoms. The number of hydrogen-bond donors (Lipinski definition) is 2. The summed E-state index contributed by atoms with van der Waals surface area (Å²) in [4.78, 5) is 14.2. The van der Waals surface area contributed by atoms with E-state index in [2.05, 4.69) is 15.7 Å². The highest BCUT2D eigenvalue weighted by Gasteiger charge is 2.19. The number of benzene rings is 1. The molecule has 136 valence electrons. The molecule has 0 aliphatic carbocycles. The van der Waals surface area contributed by atoms with Gasteiger partial charge in [-0.25, -0.2) is 4.68 Å². The van der Waals surface area contributed by atoms with Gasteiger partial charge in [-0.1, -0.05) is 23.7 Å². The summed E-state index contributed by atoms with van der Waals surface area (Å²) in [5, 5.41) is 12.7. The first-order chi connectivity index (χ1) is 12.6. The fourth-order valence-electron chi connectivity index (χ4n) is 3.38. The fraction of sp³-hybridized carbons (Fsp3) is 0.368. The van der Waals surface area contributed by atoms with E-state index < -0.39 is 0 Å². The second-order valence-electron chi connectivity index (χ2n) is 6.68. The molecule has 2 N–H and O–H groups in total. The summed E-state index contributed by atoms with van der Waals surface area (Å²) < 4.78 is 1.83. The van der Waals surface area contributed by atoms with Crippen molar-refractivity contribution in [1.29, 1.82) is 0 Å². The van der Waals surface area contributed by atoms with Gasteiger partial charge in [0.2, 0.25) is 0 Å². The van der Waals surface area contributed by atoms with Gasteiger partial charge in [-0.15, -0.1) is 11.3 Å². The number of fused-ring (bicyclic) bond motifs is 1. The fourth-order valence-corrected chi connectivity index (χ4v) is 4.69. The van der Waals surface area contributed by atoms with Gasteiger partial charge in [-0.05, 0) is 57.0 Å². The second kappa shape index (κ2) is 7.39. The van der Waals surface area contributed by atoms with Crippen LogP contribution in [-0.4, -0.2) is 35.3 Å². The molecule has 1 aromatic carbocycles. The Hall–Kier alpha value is -1.89. The van der Waals surface area contributed by atoms with Gasteiger partial charge in [0.05, 0.1) is 21.3 Å². The Kier molecular flexibility index (Phi) is 4.98. The molecule has 5 nitrogen and oxygen atoms in total. The number of nitrogens with zero attached hydrogens (tertiary/aromatic N) is 2. The Morgan fingerprint density at radius 1 is 1.46 bits per heavy atom. The van der Waals surface area contributed by atoms with Crippen LogP contribution in [0.1, 0.15) is 28.2 Å². The van der Waals surface area contributed by atoms with Gasteiger partial charge in [0.1, 0.15) is 4.83 Å². The number of aryl methyl sites for hydroxylation is 1. The summed E-state index contributed by atoms with van der Waals surface area (Å²) in [5.41, 5.74) is 1.72. The SMILES string of the molecule is Cc1nn(-c2ccccc2Cl)c2sc(C(=O)NCCC3CCNC3)cc12. The van der Waals surface area contributed by atoms with E-state index in [4.69, 9.17) is 11.6 Å². The van der Waals surface area contributed by atoms with Gasteiger partial charge in [0.15, 0.2) is 0 Å². The third-order valence-electron chi connectivity index (χ3n) is 4.85. The molecule has 1 saturated heterocycles. The molecule has 3 heterocycles. The first-order valence-electron chi connectivity index (χ1n) is 8.86. The molecule has 3 aromatic rings. The van der Waals surface area contributed by atoms with Crippen molar-refractivity contribution >= 4 is 39.1 Å². The summed E-state index contributed by atoms with van der Waals surface area (Å²) >= 11 is 7.78. The third kappa shape index (κ3) is 3.37. The van der Waals surface area contributed by atoms with E-state index in [-0.39, 0.29) is 5.91 Å². The number of amides is 1. The molecule has 7 heteroatoms. The predicted octanol–water partition coefficient (Wildman–Crippen LogP) is 3.78. The molecule has 1 aliphatic rings. The number of para-hydroxylation sites is 1. The Morgan fingerprint density at radius 3 is 3.08 bits per heavy atom. The van der Waals surface area contributed by atoms with Gasteiger partial charge in [0.25, 0.3) is 5.91 Å². The van der Waals surface area contributed by atoms with Gasteiger partial charge in [0, 0.05) is 11.9 Å². The minimum Gasteiger partial charge on any atom is -0.351 e. The van der Waals surface area contributed by atoms with Crippen LogP contribution in [0, 0.1) is 12.8 Å². The molecule has 0 spiro atoms. The van der Waals surface area contributed by atoms with Crippen molar-refractivity contribution < 1.29 is 4.79 Å². The Morgan fingerprint density at radius 2 is 2.31 bits per heavy atom. The molecule has 1 atom stereocenters. The molecule has 1 unspecified atom stereocenters. The van der Waals surface area contributed by atoms with Crippen molar-refractivity contribution in [2.75, 3.05) is 19.6 Å². The lowest BCUT2D eigenvalue weighted by atomic mass is 10.1. The lowest BCUT2D eigenvalue weighted by Gasteiger charge is -2.08. The monoisotopic (exact) mass is 388 g/mol. The van der Waals surface area contributed by atoms with E-state index in [9.17, 15) is 4.79 Å². The summed E-state index contributed by atoms with van der Waals surface area (Å²) in [6.45, 7) is 4.82. The highest BCUT2D eigenvalue weighted by Crippen LogP contribution is 2.32. The Balaban J connectivity index is 1.54. The molecule has 1 aliphatic heterocycles. The number of hydrogen-bond acceptors (Lipinski definition) is 4. The van der Waals surface area contributed by atoms with Crippen molar-refractivity contribution in [3.63, 3.8) is 0 Å². The first kappa shape index (κ1) is 17.5. The lowest BCUT2D eigenvalue weighted by molar-refractivity contribution is 0.0956. The molecule has 0 saturated carbocycles. The summed E-state index contributed by atoms with van der Waals surface area (Å²) in [5.74, 6) is 0.663. The number of aromatic nitrogens is 2. The van der Waals surface area contributed by atoms with Crippen LogP contribution in [0.15, 0.2) is 30.3 Å². The second-order valence-corrected chi connectivity index (χ2v) is 8.12. The van der Waals surface area contributed by atoms with Gasteiger partial charge >= 0.3 is 0 Å². The zero-order valence-electron chi connectivity index (χ0n) is 14.6. The molecule has 26 heavy (non-hydrogen) atoms. The van der Waals surface area contributed by atoms with Crippen molar-refractivity contribution in [2.24, 2.45) is 5.92 Å². The number of rotatable bonds is 5. The maximum atomic E-state index is 12.5. The van der Waals surface area contributed by atoms with E-state index in [1.807, 2.05) is 41.9 Å². The lowest BCUT2D eigenvalue weighted by Crippen LogP contribution is -2.25. The molecule has 1 fully saturated rings. The van der Waals surface area contributed by atoms with Crippen LogP contribution in [0.25, 0.3) is 15.9 Å². The van der Waals surface area contributed by atoms with E-state index in [0.29, 0.717) is 15.8 Å². The smallest absolute Gasteiger partial charge is 0.261 e. The topological polar surface area (TPSA) is 59.0 Å². The number of thiophene rings is 1. The zero-order valence-corrected chi connectivity index (χ0v) is 16.2. The van der Waals surface area contributed by atoms with Crippen molar-refractivity contribution in [2.45, 2.75) is 19.8 Å². The summed E-state index contributed by atoms with van der Waals surface area (Å²) in [6, 6.07) is 9.54. The van der Waals surface area contributed by atoms with Crippen LogP contribution in [0.4, 0.5) is 0 Å². The molecule has 2 aromatic heterocycles. The van der Waals surface area contributed by atoms with Gasteiger partial charge in [-0.2, -0.15) is 5.10 Å². The number of halogens is 1. The minimum absolute atomic E-state index is 0.0118. The minimum atomic E-state index is -0.0118. The molecular formula is C19H21ClN4OS. The Bertz CT molecular complexity index is 942. The molecular weight excluding hydrogens is 368 g/mol. The number of carbonyl (C=O) groups excluding carboxylic acids is 1. The number of nitrogens with one attached hydrogen (secondary N) is 2. The quantitative estimate of drug-likeness (QED) is 0.699. The van der Waals surface area contributed by atoms with E-state index in [1.54, 1.807) is 0 Å². The molecule has 0 radical (unpaired) electrons. The van der Waals surface area contributed by atoms with Crippen LogP contribution >= 0.6 is 22.9 Å². The standard InChI is InChI=1S/C19H21ClN4OS/c1-12-14-10-17(18(25)22-9-7-13-6-8-21-11-13)26-19(14)24(23-12)16-5-3-2-4-15(16)20/h2-5,10,13,21H,6-9,11H2,1H3,(H,22,25). The largest absolute Gasteiger partial charge is 0.351 e.